The topological polar surface area (TPSA) is 78.4 Å². The maximum absolute atomic E-state index is 13.4. The van der Waals surface area contributed by atoms with Crippen LogP contribution in [-0.2, 0) is 11.2 Å². The summed E-state index contributed by atoms with van der Waals surface area (Å²) in [5, 5.41) is 10.7. The van der Waals surface area contributed by atoms with Gasteiger partial charge in [-0.25, -0.2) is 4.39 Å². The van der Waals surface area contributed by atoms with Crippen LogP contribution in [0.3, 0.4) is 0 Å². The maximum atomic E-state index is 13.4. The molecule has 0 spiro atoms. The van der Waals surface area contributed by atoms with E-state index in [0.29, 0.717) is 12.0 Å². The summed E-state index contributed by atoms with van der Waals surface area (Å²) in [4.78, 5) is 10.1. The summed E-state index contributed by atoms with van der Waals surface area (Å²) in [6.45, 7) is 0. The average molecular weight is 266 g/mol. The van der Waals surface area contributed by atoms with E-state index in [1.807, 2.05) is 0 Å². The van der Waals surface area contributed by atoms with Crippen molar-refractivity contribution in [1.82, 2.24) is 0 Å². The predicted molar refractivity (Wildman–Crippen MR) is 66.2 cm³/mol. The molecule has 0 saturated carbocycles. The normalized spacial score (nSPS) is 32.7. The Morgan fingerprint density at radius 1 is 1.47 bits per heavy atom. The average Bonchev–Trinajstić information content (AvgIpc) is 2.87. The van der Waals surface area contributed by atoms with Crippen molar-refractivity contribution in [3.05, 3.63) is 39.7 Å². The van der Waals surface area contributed by atoms with Gasteiger partial charge in [-0.2, -0.15) is 0 Å². The van der Waals surface area contributed by atoms with Crippen LogP contribution in [0.2, 0.25) is 0 Å². The predicted octanol–water partition coefficient (Wildman–Crippen LogP) is 1.93. The van der Waals surface area contributed by atoms with Crippen LogP contribution in [0, 0.1) is 15.9 Å². The molecular weight excluding hydrogens is 251 g/mol. The highest BCUT2D eigenvalue weighted by atomic mass is 19.1. The Labute approximate surface area is 109 Å². The summed E-state index contributed by atoms with van der Waals surface area (Å²) in [5.74, 6) is -0.600. The van der Waals surface area contributed by atoms with Gasteiger partial charge in [-0.1, -0.05) is 0 Å². The molecule has 0 aromatic heterocycles. The fraction of sp³-hybridized carbons (Fsp3) is 0.538. The van der Waals surface area contributed by atoms with E-state index in [1.165, 1.54) is 12.1 Å². The Morgan fingerprint density at radius 3 is 2.84 bits per heavy atom. The molecule has 0 amide bonds. The summed E-state index contributed by atoms with van der Waals surface area (Å²) in [7, 11) is 0. The molecule has 2 aliphatic heterocycles. The van der Waals surface area contributed by atoms with E-state index < -0.39 is 16.3 Å². The first-order valence-corrected chi connectivity index (χ1v) is 6.34. The number of benzene rings is 1. The molecule has 102 valence electrons. The van der Waals surface area contributed by atoms with Crippen LogP contribution >= 0.6 is 0 Å². The van der Waals surface area contributed by atoms with Gasteiger partial charge in [0.15, 0.2) is 0 Å². The SMILES string of the molecule is NC1(Cc2cc(F)cc([N+](=O)[O-])c2)CC2CCC1O2. The van der Waals surface area contributed by atoms with E-state index in [1.54, 1.807) is 0 Å². The molecule has 6 heteroatoms. The summed E-state index contributed by atoms with van der Waals surface area (Å²) >= 11 is 0. The highest BCUT2D eigenvalue weighted by Gasteiger charge is 2.49. The van der Waals surface area contributed by atoms with Crippen molar-refractivity contribution in [1.29, 1.82) is 0 Å². The van der Waals surface area contributed by atoms with Crippen molar-refractivity contribution in [3.63, 3.8) is 0 Å². The number of nitro benzene ring substituents is 1. The van der Waals surface area contributed by atoms with Crippen LogP contribution in [0.15, 0.2) is 18.2 Å². The Hall–Kier alpha value is -1.53. The van der Waals surface area contributed by atoms with Gasteiger partial charge >= 0.3 is 0 Å². The van der Waals surface area contributed by atoms with Gasteiger partial charge in [0.2, 0.25) is 0 Å². The van der Waals surface area contributed by atoms with E-state index >= 15 is 0 Å². The molecule has 3 rings (SSSR count). The van der Waals surface area contributed by atoms with Crippen molar-refractivity contribution in [3.8, 4) is 0 Å². The second kappa shape index (κ2) is 4.25. The largest absolute Gasteiger partial charge is 0.373 e. The lowest BCUT2D eigenvalue weighted by atomic mass is 9.78. The summed E-state index contributed by atoms with van der Waals surface area (Å²) in [6.07, 6.45) is 3.26. The number of fused-ring (bicyclic) bond motifs is 2. The molecule has 3 unspecified atom stereocenters. The molecule has 5 nitrogen and oxygen atoms in total. The standard InChI is InChI=1S/C13H15FN2O3/c14-9-3-8(4-10(5-9)16(17)18)6-13(15)7-11-1-2-12(13)19-11/h3-5,11-12H,1-2,6-7,15H2. The van der Waals surface area contributed by atoms with E-state index in [-0.39, 0.29) is 17.9 Å². The van der Waals surface area contributed by atoms with Crippen molar-refractivity contribution in [2.24, 2.45) is 5.73 Å². The minimum atomic E-state index is -0.600. The first kappa shape index (κ1) is 12.5. The first-order chi connectivity index (χ1) is 8.96. The molecule has 1 aromatic carbocycles. The molecule has 19 heavy (non-hydrogen) atoms. The fourth-order valence-electron chi connectivity index (χ4n) is 3.24. The molecule has 1 aromatic rings. The number of nitrogens with two attached hydrogens (primary N) is 1. The van der Waals surface area contributed by atoms with Gasteiger partial charge in [-0.3, -0.25) is 10.1 Å². The Balaban J connectivity index is 1.85. The van der Waals surface area contributed by atoms with Gasteiger partial charge in [0.1, 0.15) is 5.82 Å². The lowest BCUT2D eigenvalue weighted by molar-refractivity contribution is -0.385. The molecular formula is C13H15FN2O3. The maximum Gasteiger partial charge on any atom is 0.272 e. The molecule has 2 N–H and O–H groups in total. The monoisotopic (exact) mass is 266 g/mol. The van der Waals surface area contributed by atoms with Crippen LogP contribution < -0.4 is 5.73 Å². The highest BCUT2D eigenvalue weighted by Crippen LogP contribution is 2.42. The lowest BCUT2D eigenvalue weighted by Gasteiger charge is -2.31. The number of nitro groups is 1. The minimum absolute atomic E-state index is 0.0141. The van der Waals surface area contributed by atoms with E-state index in [0.717, 1.165) is 25.3 Å². The molecule has 3 atom stereocenters. The third-order valence-electron chi connectivity index (χ3n) is 4.04. The highest BCUT2D eigenvalue weighted by molar-refractivity contribution is 5.36. The fourth-order valence-corrected chi connectivity index (χ4v) is 3.24. The van der Waals surface area contributed by atoms with Crippen LogP contribution in [0.1, 0.15) is 24.8 Å². The number of nitrogens with zero attached hydrogens (tertiary/aromatic N) is 1. The van der Waals surface area contributed by atoms with E-state index in [4.69, 9.17) is 10.5 Å². The number of halogens is 1. The molecule has 2 saturated heterocycles. The van der Waals surface area contributed by atoms with Gasteiger partial charge in [-0.05, 0) is 37.3 Å². The van der Waals surface area contributed by atoms with Crippen molar-refractivity contribution >= 4 is 5.69 Å². The second-order valence-electron chi connectivity index (χ2n) is 5.51. The van der Waals surface area contributed by atoms with Crippen molar-refractivity contribution in [2.45, 2.75) is 43.4 Å². The van der Waals surface area contributed by atoms with Crippen LogP contribution in [0.5, 0.6) is 0 Å². The zero-order valence-electron chi connectivity index (χ0n) is 10.3. The molecule has 2 heterocycles. The number of ether oxygens (including phenoxy) is 1. The number of non-ortho nitro benzene ring substituents is 1. The molecule has 2 aliphatic rings. The van der Waals surface area contributed by atoms with Crippen molar-refractivity contribution in [2.75, 3.05) is 0 Å². The zero-order chi connectivity index (χ0) is 13.6. The van der Waals surface area contributed by atoms with Gasteiger partial charge in [0.05, 0.1) is 23.2 Å². The summed E-state index contributed by atoms with van der Waals surface area (Å²) in [6, 6.07) is 3.63. The third kappa shape index (κ3) is 2.21. The van der Waals surface area contributed by atoms with Crippen molar-refractivity contribution < 1.29 is 14.1 Å². The first-order valence-electron chi connectivity index (χ1n) is 6.34. The van der Waals surface area contributed by atoms with Crippen LogP contribution in [0.4, 0.5) is 10.1 Å². The Kier molecular flexibility index (Phi) is 2.79. The molecule has 2 fully saturated rings. The van der Waals surface area contributed by atoms with Gasteiger partial charge in [0.25, 0.3) is 5.69 Å². The molecule has 0 radical (unpaired) electrons. The van der Waals surface area contributed by atoms with Gasteiger partial charge in [-0.15, -0.1) is 0 Å². The molecule has 0 aliphatic carbocycles. The van der Waals surface area contributed by atoms with Gasteiger partial charge < -0.3 is 10.5 Å². The number of hydrogen-bond donors (Lipinski definition) is 1. The summed E-state index contributed by atoms with van der Waals surface area (Å²) < 4.78 is 19.1. The smallest absolute Gasteiger partial charge is 0.272 e. The number of rotatable bonds is 3. The third-order valence-corrected chi connectivity index (χ3v) is 4.04. The lowest BCUT2D eigenvalue weighted by Crippen LogP contribution is -2.50. The summed E-state index contributed by atoms with van der Waals surface area (Å²) in [5.41, 5.74) is 6.14. The van der Waals surface area contributed by atoms with Gasteiger partial charge in [0, 0.05) is 11.6 Å². The minimum Gasteiger partial charge on any atom is -0.373 e. The number of hydrogen-bond acceptors (Lipinski definition) is 4. The Bertz CT molecular complexity index is 537. The van der Waals surface area contributed by atoms with Crippen LogP contribution in [-0.4, -0.2) is 22.7 Å². The zero-order valence-corrected chi connectivity index (χ0v) is 10.3. The molecule has 2 bridgehead atoms. The van der Waals surface area contributed by atoms with Crippen LogP contribution in [0.25, 0.3) is 0 Å². The quantitative estimate of drug-likeness (QED) is 0.669. The second-order valence-corrected chi connectivity index (χ2v) is 5.51. The van der Waals surface area contributed by atoms with E-state index in [2.05, 4.69) is 0 Å². The Morgan fingerprint density at radius 2 is 2.26 bits per heavy atom. The van der Waals surface area contributed by atoms with E-state index in [9.17, 15) is 14.5 Å².